The van der Waals surface area contributed by atoms with Crippen LogP contribution in [-0.2, 0) is 18.4 Å². The molecular weight excluding hydrogens is 288 g/mol. The first-order valence-electron chi connectivity index (χ1n) is 6.94. The number of anilines is 1. The van der Waals surface area contributed by atoms with E-state index in [1.54, 1.807) is 4.68 Å². The Morgan fingerprint density at radius 3 is 2.86 bits per heavy atom. The van der Waals surface area contributed by atoms with Crippen molar-refractivity contribution in [2.24, 2.45) is 7.05 Å². The molecule has 0 aliphatic carbocycles. The number of ether oxygens (including phenoxy) is 1. The number of hydrogen-bond acceptors (Lipinski definition) is 7. The third kappa shape index (κ3) is 4.68. The van der Waals surface area contributed by atoms with Crippen molar-refractivity contribution < 1.29 is 4.74 Å². The van der Waals surface area contributed by atoms with E-state index >= 15 is 0 Å². The second-order valence-corrected chi connectivity index (χ2v) is 5.33. The van der Waals surface area contributed by atoms with Crippen molar-refractivity contribution >= 4 is 17.6 Å². The molecule has 0 radical (unpaired) electrons. The first-order chi connectivity index (χ1) is 10.2. The Hall–Kier alpha value is -1.67. The van der Waals surface area contributed by atoms with Gasteiger partial charge in [0.25, 0.3) is 0 Å². The molecule has 0 unspecified atom stereocenters. The Balaban J connectivity index is 2.19. The smallest absolute Gasteiger partial charge is 0.192 e. The van der Waals surface area contributed by atoms with Gasteiger partial charge >= 0.3 is 0 Å². The third-order valence-corrected chi connectivity index (χ3v) is 3.58. The summed E-state index contributed by atoms with van der Waals surface area (Å²) in [6, 6.07) is 1.92. The zero-order chi connectivity index (χ0) is 15.1. The largest absolute Gasteiger partial charge is 0.374 e. The molecule has 0 spiro atoms. The van der Waals surface area contributed by atoms with E-state index in [9.17, 15) is 0 Å². The van der Waals surface area contributed by atoms with E-state index in [1.807, 2.05) is 20.0 Å². The van der Waals surface area contributed by atoms with Crippen LogP contribution in [0.2, 0.25) is 0 Å². The second kappa shape index (κ2) is 7.94. The SMILES string of the molecule is CCCNc1cc(Sc2ncnn2C)nc(COCC)n1. The van der Waals surface area contributed by atoms with Gasteiger partial charge in [0.15, 0.2) is 11.0 Å². The molecule has 2 rings (SSSR count). The van der Waals surface area contributed by atoms with Crippen LogP contribution in [0.15, 0.2) is 22.6 Å². The molecule has 2 aromatic rings. The van der Waals surface area contributed by atoms with Crippen LogP contribution in [0.4, 0.5) is 5.82 Å². The highest BCUT2D eigenvalue weighted by molar-refractivity contribution is 7.99. The minimum absolute atomic E-state index is 0.407. The summed E-state index contributed by atoms with van der Waals surface area (Å²) in [7, 11) is 1.86. The quantitative estimate of drug-likeness (QED) is 0.748. The van der Waals surface area contributed by atoms with Crippen molar-refractivity contribution in [1.29, 1.82) is 0 Å². The molecule has 21 heavy (non-hydrogen) atoms. The summed E-state index contributed by atoms with van der Waals surface area (Å²) < 4.78 is 7.11. The highest BCUT2D eigenvalue weighted by Gasteiger charge is 2.09. The maximum atomic E-state index is 5.40. The van der Waals surface area contributed by atoms with Crippen molar-refractivity contribution in [3.63, 3.8) is 0 Å². The van der Waals surface area contributed by atoms with E-state index in [-0.39, 0.29) is 0 Å². The molecule has 7 nitrogen and oxygen atoms in total. The first-order valence-corrected chi connectivity index (χ1v) is 7.76. The molecule has 0 amide bonds. The molecule has 2 heterocycles. The summed E-state index contributed by atoms with van der Waals surface area (Å²) in [5.74, 6) is 1.48. The lowest BCUT2D eigenvalue weighted by atomic mass is 10.4. The predicted octanol–water partition coefficient (Wildman–Crippen LogP) is 2.11. The Labute approximate surface area is 128 Å². The van der Waals surface area contributed by atoms with Gasteiger partial charge < -0.3 is 10.1 Å². The number of nitrogens with one attached hydrogen (secondary N) is 1. The number of aryl methyl sites for hydroxylation is 1. The van der Waals surface area contributed by atoms with Gasteiger partial charge in [-0.25, -0.2) is 19.6 Å². The fraction of sp³-hybridized carbons (Fsp3) is 0.538. The van der Waals surface area contributed by atoms with E-state index in [4.69, 9.17) is 4.74 Å². The van der Waals surface area contributed by atoms with Crippen LogP contribution in [0.25, 0.3) is 0 Å². The molecule has 0 aliphatic heterocycles. The molecule has 0 aromatic carbocycles. The molecule has 0 fully saturated rings. The van der Waals surface area contributed by atoms with Crippen LogP contribution < -0.4 is 5.32 Å². The highest BCUT2D eigenvalue weighted by atomic mass is 32.2. The Morgan fingerprint density at radius 2 is 2.19 bits per heavy atom. The molecule has 8 heteroatoms. The fourth-order valence-electron chi connectivity index (χ4n) is 1.60. The molecule has 0 atom stereocenters. The molecule has 0 aliphatic rings. The molecule has 2 aromatic heterocycles. The number of aromatic nitrogens is 5. The second-order valence-electron chi connectivity index (χ2n) is 4.34. The van der Waals surface area contributed by atoms with Gasteiger partial charge in [-0.15, -0.1) is 0 Å². The van der Waals surface area contributed by atoms with Crippen LogP contribution in [0.5, 0.6) is 0 Å². The van der Waals surface area contributed by atoms with Crippen molar-refractivity contribution in [3.05, 3.63) is 18.2 Å². The van der Waals surface area contributed by atoms with Crippen molar-refractivity contribution in [2.45, 2.75) is 37.1 Å². The van der Waals surface area contributed by atoms with Crippen molar-refractivity contribution in [2.75, 3.05) is 18.5 Å². The van der Waals surface area contributed by atoms with E-state index in [0.29, 0.717) is 19.0 Å². The zero-order valence-electron chi connectivity index (χ0n) is 12.5. The Bertz CT molecular complexity index is 547. The van der Waals surface area contributed by atoms with Gasteiger partial charge in [-0.05, 0) is 25.1 Å². The fourth-order valence-corrected chi connectivity index (χ4v) is 2.39. The summed E-state index contributed by atoms with van der Waals surface area (Å²) >= 11 is 1.46. The van der Waals surface area contributed by atoms with E-state index in [1.165, 1.54) is 18.1 Å². The lowest BCUT2D eigenvalue weighted by Gasteiger charge is -2.09. The molecule has 0 bridgehead atoms. The van der Waals surface area contributed by atoms with Crippen LogP contribution in [0.3, 0.4) is 0 Å². The van der Waals surface area contributed by atoms with E-state index < -0.39 is 0 Å². The topological polar surface area (TPSA) is 77.8 Å². The summed E-state index contributed by atoms with van der Waals surface area (Å²) in [5.41, 5.74) is 0. The summed E-state index contributed by atoms with van der Waals surface area (Å²) in [5, 5.41) is 8.96. The first kappa shape index (κ1) is 15.7. The highest BCUT2D eigenvalue weighted by Crippen LogP contribution is 2.25. The maximum absolute atomic E-state index is 5.40. The lowest BCUT2D eigenvalue weighted by molar-refractivity contribution is 0.128. The van der Waals surface area contributed by atoms with Crippen LogP contribution in [0.1, 0.15) is 26.1 Å². The molecule has 1 N–H and O–H groups in total. The zero-order valence-corrected chi connectivity index (χ0v) is 13.4. The molecule has 0 saturated carbocycles. The van der Waals surface area contributed by atoms with Gasteiger partial charge in [0.1, 0.15) is 23.8 Å². The summed E-state index contributed by atoms with van der Waals surface area (Å²) in [4.78, 5) is 13.2. The normalized spacial score (nSPS) is 10.8. The molecule has 0 saturated heterocycles. The van der Waals surface area contributed by atoms with E-state index in [0.717, 1.165) is 29.0 Å². The summed E-state index contributed by atoms with van der Waals surface area (Å²) in [6.45, 7) is 5.99. The van der Waals surface area contributed by atoms with Crippen molar-refractivity contribution in [3.8, 4) is 0 Å². The number of rotatable bonds is 8. The van der Waals surface area contributed by atoms with Crippen LogP contribution in [-0.4, -0.2) is 37.9 Å². The number of nitrogens with zero attached hydrogens (tertiary/aromatic N) is 5. The molecular formula is C13H20N6OS. The van der Waals surface area contributed by atoms with E-state index in [2.05, 4.69) is 32.3 Å². The Morgan fingerprint density at radius 1 is 1.33 bits per heavy atom. The maximum Gasteiger partial charge on any atom is 0.192 e. The van der Waals surface area contributed by atoms with Crippen LogP contribution >= 0.6 is 11.8 Å². The average Bonchev–Trinajstić information content (AvgIpc) is 2.88. The van der Waals surface area contributed by atoms with Crippen LogP contribution in [0, 0.1) is 0 Å². The number of hydrogen-bond donors (Lipinski definition) is 1. The minimum atomic E-state index is 0.407. The van der Waals surface area contributed by atoms with Gasteiger partial charge in [-0.3, -0.25) is 0 Å². The monoisotopic (exact) mass is 308 g/mol. The minimum Gasteiger partial charge on any atom is -0.374 e. The van der Waals surface area contributed by atoms with Gasteiger partial charge in [0.2, 0.25) is 0 Å². The average molecular weight is 308 g/mol. The Kier molecular flexibility index (Phi) is 5.94. The standard InChI is InChI=1S/C13H20N6OS/c1-4-6-14-10-7-12(18-11(17-10)8-20-5-2)21-13-15-9-16-19(13)3/h7,9H,4-6,8H2,1-3H3,(H,14,17,18). The van der Waals surface area contributed by atoms with Crippen molar-refractivity contribution in [1.82, 2.24) is 24.7 Å². The third-order valence-electron chi connectivity index (χ3n) is 2.61. The van der Waals surface area contributed by atoms with Gasteiger partial charge in [-0.2, -0.15) is 5.10 Å². The van der Waals surface area contributed by atoms with Gasteiger partial charge in [-0.1, -0.05) is 6.92 Å². The summed E-state index contributed by atoms with van der Waals surface area (Å²) in [6.07, 6.45) is 2.57. The van der Waals surface area contributed by atoms with Gasteiger partial charge in [0.05, 0.1) is 0 Å². The van der Waals surface area contributed by atoms with Gasteiger partial charge in [0, 0.05) is 26.3 Å². The molecule has 114 valence electrons. The predicted molar refractivity (Wildman–Crippen MR) is 81.3 cm³/mol. The lowest BCUT2D eigenvalue weighted by Crippen LogP contribution is -2.07.